The standard InChI is InChI=1S/C14H25NO2/c1-10(2)13-5-3-4-12(16)8-11-6-7-14(17)15(13)9-11/h10-13,16H,3-9H2,1-2H3/t11-,12?,13?/m1/s1. The number of hydrogen-bond acceptors (Lipinski definition) is 2. The smallest absolute Gasteiger partial charge is 0.222 e. The van der Waals surface area contributed by atoms with Gasteiger partial charge in [-0.2, -0.15) is 0 Å². The van der Waals surface area contributed by atoms with E-state index in [4.69, 9.17) is 0 Å². The van der Waals surface area contributed by atoms with Crippen LogP contribution in [-0.2, 0) is 4.79 Å². The van der Waals surface area contributed by atoms with Crippen molar-refractivity contribution in [3.63, 3.8) is 0 Å². The lowest BCUT2D eigenvalue weighted by molar-refractivity contribution is -0.139. The lowest BCUT2D eigenvalue weighted by Crippen LogP contribution is -2.48. The predicted molar refractivity (Wildman–Crippen MR) is 67.5 cm³/mol. The molecule has 1 amide bonds. The van der Waals surface area contributed by atoms with Crippen LogP contribution in [-0.4, -0.2) is 34.6 Å². The van der Waals surface area contributed by atoms with Crippen molar-refractivity contribution in [2.24, 2.45) is 11.8 Å². The summed E-state index contributed by atoms with van der Waals surface area (Å²) in [6.07, 6.45) is 5.38. The highest BCUT2D eigenvalue weighted by molar-refractivity contribution is 5.77. The zero-order chi connectivity index (χ0) is 12.4. The van der Waals surface area contributed by atoms with Crippen LogP contribution in [0.2, 0.25) is 0 Å². The van der Waals surface area contributed by atoms with E-state index in [1.807, 2.05) is 0 Å². The average Bonchev–Trinajstić information content (AvgIpc) is 2.32. The van der Waals surface area contributed by atoms with E-state index in [2.05, 4.69) is 18.7 Å². The Kier molecular flexibility index (Phi) is 4.08. The first-order chi connectivity index (χ1) is 8.08. The van der Waals surface area contributed by atoms with Crippen molar-refractivity contribution >= 4 is 5.91 Å². The zero-order valence-corrected chi connectivity index (χ0v) is 11.1. The molecule has 0 aromatic heterocycles. The molecule has 98 valence electrons. The van der Waals surface area contributed by atoms with Crippen molar-refractivity contribution in [3.05, 3.63) is 0 Å². The maximum absolute atomic E-state index is 12.0. The Balaban J connectivity index is 2.14. The molecule has 0 saturated carbocycles. The molecule has 17 heavy (non-hydrogen) atoms. The van der Waals surface area contributed by atoms with E-state index in [1.165, 1.54) is 0 Å². The van der Waals surface area contributed by atoms with Gasteiger partial charge in [-0.15, -0.1) is 0 Å². The minimum Gasteiger partial charge on any atom is -0.393 e. The molecular formula is C14H25NO2. The minimum absolute atomic E-state index is 0.152. The number of carbonyl (C=O) groups is 1. The van der Waals surface area contributed by atoms with Gasteiger partial charge in [-0.25, -0.2) is 0 Å². The molecule has 2 aliphatic heterocycles. The molecule has 3 nitrogen and oxygen atoms in total. The predicted octanol–water partition coefficient (Wildman–Crippen LogP) is 2.18. The Hall–Kier alpha value is -0.570. The minimum atomic E-state index is -0.152. The van der Waals surface area contributed by atoms with Gasteiger partial charge in [0.15, 0.2) is 0 Å². The quantitative estimate of drug-likeness (QED) is 0.762. The zero-order valence-electron chi connectivity index (χ0n) is 11.1. The normalized spacial score (nSPS) is 35.4. The second-order valence-electron chi connectivity index (χ2n) is 6.08. The molecule has 2 heterocycles. The highest BCUT2D eigenvalue weighted by atomic mass is 16.3. The molecule has 0 radical (unpaired) electrons. The molecule has 3 atom stereocenters. The van der Waals surface area contributed by atoms with Crippen molar-refractivity contribution in [2.75, 3.05) is 6.54 Å². The summed E-state index contributed by atoms with van der Waals surface area (Å²) in [4.78, 5) is 14.1. The Morgan fingerprint density at radius 1 is 1.29 bits per heavy atom. The van der Waals surface area contributed by atoms with Gasteiger partial charge in [0, 0.05) is 19.0 Å². The highest BCUT2D eigenvalue weighted by Crippen LogP contribution is 2.30. The summed E-state index contributed by atoms with van der Waals surface area (Å²) in [6, 6.07) is 0.385. The van der Waals surface area contributed by atoms with E-state index in [-0.39, 0.29) is 6.10 Å². The molecule has 2 rings (SSSR count). The summed E-state index contributed by atoms with van der Waals surface area (Å²) >= 11 is 0. The number of piperidine rings is 1. The third kappa shape index (κ3) is 3.01. The van der Waals surface area contributed by atoms with Gasteiger partial charge >= 0.3 is 0 Å². The maximum Gasteiger partial charge on any atom is 0.222 e. The van der Waals surface area contributed by atoms with Gasteiger partial charge in [-0.1, -0.05) is 13.8 Å². The second kappa shape index (κ2) is 5.38. The van der Waals surface area contributed by atoms with Crippen LogP contribution in [0.25, 0.3) is 0 Å². The van der Waals surface area contributed by atoms with E-state index in [9.17, 15) is 9.90 Å². The molecule has 3 heteroatoms. The van der Waals surface area contributed by atoms with E-state index in [0.717, 1.165) is 38.6 Å². The largest absolute Gasteiger partial charge is 0.393 e. The van der Waals surface area contributed by atoms with Crippen LogP contribution in [0.3, 0.4) is 0 Å². The molecule has 1 N–H and O–H groups in total. The first-order valence-corrected chi connectivity index (χ1v) is 7.05. The first kappa shape index (κ1) is 12.9. The number of aliphatic hydroxyl groups excluding tert-OH is 1. The number of nitrogens with zero attached hydrogens (tertiary/aromatic N) is 1. The Morgan fingerprint density at radius 2 is 2.06 bits per heavy atom. The summed E-state index contributed by atoms with van der Waals surface area (Å²) in [5, 5.41) is 9.94. The van der Waals surface area contributed by atoms with Crippen molar-refractivity contribution in [1.29, 1.82) is 0 Å². The van der Waals surface area contributed by atoms with Crippen LogP contribution in [0.15, 0.2) is 0 Å². The summed E-state index contributed by atoms with van der Waals surface area (Å²) in [5.41, 5.74) is 0. The Morgan fingerprint density at radius 3 is 2.76 bits per heavy atom. The molecule has 2 saturated heterocycles. The van der Waals surface area contributed by atoms with Gasteiger partial charge in [0.25, 0.3) is 0 Å². The van der Waals surface area contributed by atoms with Gasteiger partial charge in [0.05, 0.1) is 6.10 Å². The number of carbonyl (C=O) groups excluding carboxylic acids is 1. The molecule has 2 bridgehead atoms. The van der Waals surface area contributed by atoms with Gasteiger partial charge in [-0.05, 0) is 43.9 Å². The molecule has 0 aromatic rings. The summed E-state index contributed by atoms with van der Waals surface area (Å²) in [6.45, 7) is 5.28. The van der Waals surface area contributed by atoms with E-state index in [1.54, 1.807) is 0 Å². The first-order valence-electron chi connectivity index (χ1n) is 7.05. The lowest BCUT2D eigenvalue weighted by atomic mass is 9.90. The van der Waals surface area contributed by atoms with Crippen LogP contribution >= 0.6 is 0 Å². The maximum atomic E-state index is 12.0. The fourth-order valence-corrected chi connectivity index (χ4v) is 3.37. The average molecular weight is 239 g/mol. The highest BCUT2D eigenvalue weighted by Gasteiger charge is 2.34. The number of fused-ring (bicyclic) bond motifs is 2. The van der Waals surface area contributed by atoms with E-state index in [0.29, 0.717) is 30.2 Å². The third-order valence-electron chi connectivity index (χ3n) is 4.35. The lowest BCUT2D eigenvalue weighted by Gasteiger charge is -2.39. The summed E-state index contributed by atoms with van der Waals surface area (Å²) in [7, 11) is 0. The molecular weight excluding hydrogens is 214 g/mol. The topological polar surface area (TPSA) is 40.5 Å². The van der Waals surface area contributed by atoms with Crippen molar-refractivity contribution in [3.8, 4) is 0 Å². The second-order valence-corrected chi connectivity index (χ2v) is 6.08. The van der Waals surface area contributed by atoms with Gasteiger partial charge in [-0.3, -0.25) is 4.79 Å². The van der Waals surface area contributed by atoms with Crippen LogP contribution in [0.5, 0.6) is 0 Å². The van der Waals surface area contributed by atoms with Crippen LogP contribution in [0.4, 0.5) is 0 Å². The third-order valence-corrected chi connectivity index (χ3v) is 4.35. The number of rotatable bonds is 1. The van der Waals surface area contributed by atoms with Gasteiger partial charge in [0.1, 0.15) is 0 Å². The molecule has 0 aliphatic carbocycles. The summed E-state index contributed by atoms with van der Waals surface area (Å²) < 4.78 is 0. The van der Waals surface area contributed by atoms with Crippen LogP contribution in [0, 0.1) is 11.8 Å². The molecule has 0 spiro atoms. The molecule has 2 aliphatic rings. The van der Waals surface area contributed by atoms with Crippen molar-refractivity contribution < 1.29 is 9.90 Å². The van der Waals surface area contributed by atoms with Crippen molar-refractivity contribution in [2.45, 2.75) is 64.5 Å². The summed E-state index contributed by atoms with van der Waals surface area (Å²) in [5.74, 6) is 1.37. The number of amides is 1. The van der Waals surface area contributed by atoms with Crippen LogP contribution < -0.4 is 0 Å². The molecule has 0 aromatic carbocycles. The Labute approximate surface area is 104 Å². The Bertz CT molecular complexity index is 277. The number of aliphatic hydroxyl groups is 1. The van der Waals surface area contributed by atoms with E-state index >= 15 is 0 Å². The van der Waals surface area contributed by atoms with Crippen LogP contribution in [0.1, 0.15) is 52.4 Å². The van der Waals surface area contributed by atoms with E-state index < -0.39 is 0 Å². The SMILES string of the molecule is CC(C)C1CCCC(O)C[C@H]2CCC(=O)N1C2. The fourth-order valence-electron chi connectivity index (χ4n) is 3.37. The fraction of sp³-hybridized carbons (Fsp3) is 0.929. The number of hydrogen-bond donors (Lipinski definition) is 1. The van der Waals surface area contributed by atoms with Gasteiger partial charge < -0.3 is 10.0 Å². The molecule has 2 unspecified atom stereocenters. The molecule has 2 fully saturated rings. The monoisotopic (exact) mass is 239 g/mol. The van der Waals surface area contributed by atoms with Crippen molar-refractivity contribution in [1.82, 2.24) is 4.90 Å². The van der Waals surface area contributed by atoms with Gasteiger partial charge in [0.2, 0.25) is 5.91 Å².